The van der Waals surface area contributed by atoms with Crippen molar-refractivity contribution < 1.29 is 9.32 Å². The first-order valence-electron chi connectivity index (χ1n) is 9.06. The number of para-hydroxylation sites is 2. The summed E-state index contributed by atoms with van der Waals surface area (Å²) in [4.78, 5) is 33.5. The molecule has 2 N–H and O–H groups in total. The zero-order valence-corrected chi connectivity index (χ0v) is 14.5. The van der Waals surface area contributed by atoms with Crippen LogP contribution in [0.3, 0.4) is 0 Å². The van der Waals surface area contributed by atoms with Gasteiger partial charge in [-0.1, -0.05) is 12.1 Å². The number of nitrogens with one attached hydrogen (secondary N) is 2. The number of imidazole rings is 1. The molecule has 3 heterocycles. The summed E-state index contributed by atoms with van der Waals surface area (Å²) in [5.41, 5.74) is 1.77. The molecule has 0 saturated carbocycles. The lowest BCUT2D eigenvalue weighted by molar-refractivity contribution is -0.133. The highest BCUT2D eigenvalue weighted by molar-refractivity contribution is 5.76. The van der Waals surface area contributed by atoms with Crippen molar-refractivity contribution in [1.29, 1.82) is 0 Å². The van der Waals surface area contributed by atoms with Crippen LogP contribution in [0, 0.1) is 5.92 Å². The van der Waals surface area contributed by atoms with Crippen molar-refractivity contribution in [2.45, 2.75) is 32.1 Å². The van der Waals surface area contributed by atoms with Gasteiger partial charge in [0.2, 0.25) is 5.91 Å². The molecule has 3 aromatic rings. The first-order valence-corrected chi connectivity index (χ1v) is 9.06. The van der Waals surface area contributed by atoms with E-state index in [-0.39, 0.29) is 11.5 Å². The van der Waals surface area contributed by atoms with Gasteiger partial charge in [-0.3, -0.25) is 9.59 Å². The summed E-state index contributed by atoms with van der Waals surface area (Å²) >= 11 is 0. The number of hydrogen-bond donors (Lipinski definition) is 2. The van der Waals surface area contributed by atoms with E-state index in [4.69, 9.17) is 4.52 Å². The molecule has 1 aliphatic heterocycles. The molecule has 1 aromatic carbocycles. The molecule has 2 aromatic heterocycles. The maximum Gasteiger partial charge on any atom is 0.280 e. The molecule has 1 atom stereocenters. The van der Waals surface area contributed by atoms with E-state index in [2.05, 4.69) is 15.1 Å². The van der Waals surface area contributed by atoms with Crippen LogP contribution in [-0.4, -0.2) is 39.0 Å². The third kappa shape index (κ3) is 3.71. The van der Waals surface area contributed by atoms with Crippen molar-refractivity contribution in [2.75, 3.05) is 13.1 Å². The number of rotatable bonds is 5. The fourth-order valence-corrected chi connectivity index (χ4v) is 3.67. The Morgan fingerprint density at radius 3 is 3.04 bits per heavy atom. The van der Waals surface area contributed by atoms with Gasteiger partial charge in [0.25, 0.3) is 5.56 Å². The summed E-state index contributed by atoms with van der Waals surface area (Å²) in [5.74, 6) is 2.04. The van der Waals surface area contributed by atoms with Crippen LogP contribution < -0.4 is 5.56 Å². The van der Waals surface area contributed by atoms with E-state index < -0.39 is 0 Å². The van der Waals surface area contributed by atoms with E-state index in [1.807, 2.05) is 29.2 Å². The summed E-state index contributed by atoms with van der Waals surface area (Å²) in [6, 6.07) is 9.42. The van der Waals surface area contributed by atoms with Gasteiger partial charge >= 0.3 is 0 Å². The molecule has 0 radical (unpaired) electrons. The second-order valence-corrected chi connectivity index (χ2v) is 6.93. The fraction of sp³-hybridized carbons (Fsp3) is 0.421. The van der Waals surface area contributed by atoms with E-state index in [1.54, 1.807) is 0 Å². The van der Waals surface area contributed by atoms with Gasteiger partial charge in [0.05, 0.1) is 11.0 Å². The van der Waals surface area contributed by atoms with Crippen LogP contribution in [0.1, 0.15) is 30.8 Å². The SMILES string of the molecule is O=C(CCc1cc(=O)[nH]o1)N1CCC[C@H](Cc2nc3ccccc3[nH]2)C1. The largest absolute Gasteiger partial charge is 0.384 e. The normalized spacial score (nSPS) is 17.7. The monoisotopic (exact) mass is 354 g/mol. The number of carbonyl (C=O) groups excluding carboxylic acids is 1. The van der Waals surface area contributed by atoms with Crippen molar-refractivity contribution in [3.63, 3.8) is 0 Å². The average molecular weight is 354 g/mol. The zero-order chi connectivity index (χ0) is 17.9. The second kappa shape index (κ2) is 7.19. The number of fused-ring (bicyclic) bond motifs is 1. The van der Waals surface area contributed by atoms with Crippen molar-refractivity contribution in [3.8, 4) is 0 Å². The molecule has 4 rings (SSSR count). The molecule has 7 heteroatoms. The lowest BCUT2D eigenvalue weighted by Gasteiger charge is -2.32. The molecule has 0 aliphatic carbocycles. The Kier molecular flexibility index (Phi) is 4.60. The number of piperidine rings is 1. The third-order valence-electron chi connectivity index (χ3n) is 4.95. The van der Waals surface area contributed by atoms with Crippen LogP contribution in [0.4, 0.5) is 0 Å². The predicted octanol–water partition coefficient (Wildman–Crippen LogP) is 2.26. The molecular formula is C19H22N4O3. The third-order valence-corrected chi connectivity index (χ3v) is 4.95. The molecule has 7 nitrogen and oxygen atoms in total. The summed E-state index contributed by atoms with van der Waals surface area (Å²) in [6.07, 6.45) is 3.77. The van der Waals surface area contributed by atoms with E-state index in [0.29, 0.717) is 24.5 Å². The molecule has 1 fully saturated rings. The Balaban J connectivity index is 1.34. The standard InChI is InChI=1S/C19H22N4O3/c24-18-11-14(26-22-18)7-8-19(25)23-9-3-4-13(12-23)10-17-20-15-5-1-2-6-16(15)21-17/h1-2,5-6,11,13H,3-4,7-10,12H2,(H,20,21)(H,22,24)/t13-/m1/s1. The number of likely N-dealkylation sites (tertiary alicyclic amines) is 1. The highest BCUT2D eigenvalue weighted by Crippen LogP contribution is 2.22. The Morgan fingerprint density at radius 2 is 2.23 bits per heavy atom. The summed E-state index contributed by atoms with van der Waals surface area (Å²) in [6.45, 7) is 1.56. The number of H-pyrrole nitrogens is 2. The van der Waals surface area contributed by atoms with Gasteiger partial charge < -0.3 is 14.4 Å². The number of hydrogen-bond acceptors (Lipinski definition) is 4. The topological polar surface area (TPSA) is 95.0 Å². The number of aromatic amines is 2. The van der Waals surface area contributed by atoms with Crippen LogP contribution in [0.5, 0.6) is 0 Å². The molecular weight excluding hydrogens is 332 g/mol. The number of nitrogens with zero attached hydrogens (tertiary/aromatic N) is 2. The van der Waals surface area contributed by atoms with Gasteiger partial charge in [-0.2, -0.15) is 5.16 Å². The number of carbonyl (C=O) groups is 1. The van der Waals surface area contributed by atoms with Crippen molar-refractivity contribution in [1.82, 2.24) is 20.0 Å². The molecule has 26 heavy (non-hydrogen) atoms. The first kappa shape index (κ1) is 16.6. The van der Waals surface area contributed by atoms with Crippen LogP contribution in [0.25, 0.3) is 11.0 Å². The second-order valence-electron chi connectivity index (χ2n) is 6.93. The Hall–Kier alpha value is -2.83. The van der Waals surface area contributed by atoms with E-state index in [0.717, 1.165) is 49.2 Å². The highest BCUT2D eigenvalue weighted by atomic mass is 16.5. The van der Waals surface area contributed by atoms with Gasteiger partial charge in [-0.15, -0.1) is 0 Å². The molecule has 136 valence electrons. The van der Waals surface area contributed by atoms with Gasteiger partial charge in [0.1, 0.15) is 11.6 Å². The lowest BCUT2D eigenvalue weighted by Crippen LogP contribution is -2.40. The van der Waals surface area contributed by atoms with E-state index in [9.17, 15) is 9.59 Å². The maximum absolute atomic E-state index is 12.5. The number of benzene rings is 1. The maximum atomic E-state index is 12.5. The average Bonchev–Trinajstić information content (AvgIpc) is 3.25. The van der Waals surface area contributed by atoms with Crippen LogP contribution in [0.2, 0.25) is 0 Å². The summed E-state index contributed by atoms with van der Waals surface area (Å²) < 4.78 is 5.01. The number of amides is 1. The van der Waals surface area contributed by atoms with Crippen LogP contribution in [-0.2, 0) is 17.6 Å². The van der Waals surface area contributed by atoms with Gasteiger partial charge in [0, 0.05) is 38.4 Å². The number of aryl methyl sites for hydroxylation is 1. The summed E-state index contributed by atoms with van der Waals surface area (Å²) in [7, 11) is 0. The van der Waals surface area contributed by atoms with Crippen molar-refractivity contribution in [2.24, 2.45) is 5.92 Å². The number of aromatic nitrogens is 3. The van der Waals surface area contributed by atoms with Crippen molar-refractivity contribution in [3.05, 3.63) is 52.3 Å². The quantitative estimate of drug-likeness (QED) is 0.735. The van der Waals surface area contributed by atoms with Crippen molar-refractivity contribution >= 4 is 16.9 Å². The van der Waals surface area contributed by atoms with Crippen LogP contribution in [0.15, 0.2) is 39.6 Å². The minimum Gasteiger partial charge on any atom is -0.384 e. The van der Waals surface area contributed by atoms with E-state index >= 15 is 0 Å². The first-order chi connectivity index (χ1) is 12.7. The minimum atomic E-state index is -0.267. The van der Waals surface area contributed by atoms with E-state index in [1.165, 1.54) is 6.07 Å². The fourth-order valence-electron chi connectivity index (χ4n) is 3.67. The highest BCUT2D eigenvalue weighted by Gasteiger charge is 2.24. The summed E-state index contributed by atoms with van der Waals surface area (Å²) in [5, 5.41) is 2.25. The Labute approximate surface area is 150 Å². The molecule has 1 saturated heterocycles. The molecule has 0 unspecified atom stereocenters. The minimum absolute atomic E-state index is 0.114. The Bertz CT molecular complexity index is 922. The van der Waals surface area contributed by atoms with Gasteiger partial charge in [-0.25, -0.2) is 4.98 Å². The zero-order valence-electron chi connectivity index (χ0n) is 14.5. The molecule has 0 bridgehead atoms. The molecule has 1 amide bonds. The molecule has 1 aliphatic rings. The Morgan fingerprint density at radius 1 is 1.35 bits per heavy atom. The predicted molar refractivity (Wildman–Crippen MR) is 96.8 cm³/mol. The smallest absolute Gasteiger partial charge is 0.280 e. The lowest BCUT2D eigenvalue weighted by atomic mass is 9.94. The van der Waals surface area contributed by atoms with Crippen LogP contribution >= 0.6 is 0 Å². The molecule has 0 spiro atoms. The van der Waals surface area contributed by atoms with Gasteiger partial charge in [-0.05, 0) is 30.9 Å². The van der Waals surface area contributed by atoms with Gasteiger partial charge in [0.15, 0.2) is 0 Å².